The molecule has 1 aromatic heterocycles. The van der Waals surface area contributed by atoms with Gasteiger partial charge in [-0.1, -0.05) is 19.1 Å². The monoisotopic (exact) mass is 230 g/mol. The van der Waals surface area contributed by atoms with E-state index in [0.29, 0.717) is 0 Å². The lowest BCUT2D eigenvalue weighted by molar-refractivity contribution is 0.746. The zero-order chi connectivity index (χ0) is 12.4. The Hall–Kier alpha value is -1.97. The largest absolute Gasteiger partial charge is 0.397 e. The summed E-state index contributed by atoms with van der Waals surface area (Å²) in [6.07, 6.45) is 2.87. The molecule has 0 saturated carbocycles. The van der Waals surface area contributed by atoms with E-state index in [4.69, 9.17) is 5.73 Å². The number of aryl methyl sites for hydroxylation is 3. The van der Waals surface area contributed by atoms with Gasteiger partial charge in [0.25, 0.3) is 0 Å². The van der Waals surface area contributed by atoms with Crippen molar-refractivity contribution in [2.24, 2.45) is 7.05 Å². The number of para-hydroxylation sites is 1. The molecule has 2 rings (SSSR count). The highest BCUT2D eigenvalue weighted by Gasteiger charge is 2.09. The molecule has 0 aliphatic carbocycles. The number of anilines is 3. The third-order valence-electron chi connectivity index (χ3n) is 2.80. The van der Waals surface area contributed by atoms with Crippen molar-refractivity contribution in [2.45, 2.75) is 20.3 Å². The highest BCUT2D eigenvalue weighted by atomic mass is 15.3. The number of nitrogens with one attached hydrogen (secondary N) is 1. The number of nitrogen functional groups attached to an aromatic ring is 1. The smallest absolute Gasteiger partial charge is 0.0856 e. The number of hydrogen-bond donors (Lipinski definition) is 2. The van der Waals surface area contributed by atoms with Crippen LogP contribution in [0.3, 0.4) is 0 Å². The maximum atomic E-state index is 5.98. The van der Waals surface area contributed by atoms with Crippen LogP contribution in [0.4, 0.5) is 17.1 Å². The van der Waals surface area contributed by atoms with Gasteiger partial charge in [-0.3, -0.25) is 4.68 Å². The Morgan fingerprint density at radius 1 is 1.41 bits per heavy atom. The summed E-state index contributed by atoms with van der Waals surface area (Å²) >= 11 is 0. The minimum absolute atomic E-state index is 0.760. The summed E-state index contributed by atoms with van der Waals surface area (Å²) in [6.45, 7) is 4.13. The van der Waals surface area contributed by atoms with Gasteiger partial charge in [-0.2, -0.15) is 5.10 Å². The zero-order valence-electron chi connectivity index (χ0n) is 10.5. The van der Waals surface area contributed by atoms with E-state index < -0.39 is 0 Å². The quantitative estimate of drug-likeness (QED) is 0.797. The van der Waals surface area contributed by atoms with Crippen LogP contribution in [0.15, 0.2) is 24.4 Å². The summed E-state index contributed by atoms with van der Waals surface area (Å²) < 4.78 is 1.82. The molecule has 1 heterocycles. The van der Waals surface area contributed by atoms with E-state index in [0.717, 1.165) is 34.7 Å². The molecule has 17 heavy (non-hydrogen) atoms. The van der Waals surface area contributed by atoms with Crippen molar-refractivity contribution in [3.05, 3.63) is 35.7 Å². The van der Waals surface area contributed by atoms with Crippen molar-refractivity contribution < 1.29 is 0 Å². The number of aromatic nitrogens is 2. The van der Waals surface area contributed by atoms with Gasteiger partial charge in [-0.25, -0.2) is 0 Å². The summed E-state index contributed by atoms with van der Waals surface area (Å²) in [5, 5.41) is 7.77. The topological polar surface area (TPSA) is 55.9 Å². The second-order valence-electron chi connectivity index (χ2n) is 4.18. The van der Waals surface area contributed by atoms with E-state index in [1.807, 2.05) is 43.0 Å². The van der Waals surface area contributed by atoms with Gasteiger partial charge in [-0.15, -0.1) is 0 Å². The first-order valence-electron chi connectivity index (χ1n) is 5.76. The standard InChI is InChI=1S/C13H18N4/c1-4-11-12(8-17(3)16-11)15-13-9(2)6-5-7-10(13)14/h5-8,15H,4,14H2,1-3H3. The van der Waals surface area contributed by atoms with Gasteiger partial charge in [0.15, 0.2) is 0 Å². The van der Waals surface area contributed by atoms with Gasteiger partial charge in [0, 0.05) is 13.2 Å². The molecule has 0 bridgehead atoms. The summed E-state index contributed by atoms with van der Waals surface area (Å²) in [6, 6.07) is 5.90. The molecule has 4 heteroatoms. The maximum absolute atomic E-state index is 5.98. The second kappa shape index (κ2) is 4.49. The van der Waals surface area contributed by atoms with E-state index in [-0.39, 0.29) is 0 Å². The first-order chi connectivity index (χ1) is 8.11. The Morgan fingerprint density at radius 3 is 2.82 bits per heavy atom. The Morgan fingerprint density at radius 2 is 2.18 bits per heavy atom. The van der Waals surface area contributed by atoms with Crippen molar-refractivity contribution in [2.75, 3.05) is 11.1 Å². The van der Waals surface area contributed by atoms with Crippen LogP contribution < -0.4 is 11.1 Å². The Kier molecular flexibility index (Phi) is 3.04. The average molecular weight is 230 g/mol. The fourth-order valence-corrected chi connectivity index (χ4v) is 1.90. The Bertz CT molecular complexity index is 508. The third-order valence-corrected chi connectivity index (χ3v) is 2.80. The molecule has 1 aromatic carbocycles. The Balaban J connectivity index is 2.37. The minimum Gasteiger partial charge on any atom is -0.397 e. The molecule has 0 radical (unpaired) electrons. The molecule has 0 spiro atoms. The van der Waals surface area contributed by atoms with Crippen molar-refractivity contribution in [1.82, 2.24) is 9.78 Å². The van der Waals surface area contributed by atoms with Gasteiger partial charge in [0.05, 0.1) is 22.8 Å². The normalized spacial score (nSPS) is 10.5. The van der Waals surface area contributed by atoms with Crippen LogP contribution >= 0.6 is 0 Å². The molecule has 0 aliphatic rings. The van der Waals surface area contributed by atoms with Crippen LogP contribution in [0, 0.1) is 6.92 Å². The van der Waals surface area contributed by atoms with Crippen molar-refractivity contribution >= 4 is 17.1 Å². The summed E-state index contributed by atoms with van der Waals surface area (Å²) in [4.78, 5) is 0. The first kappa shape index (κ1) is 11.5. The first-order valence-corrected chi connectivity index (χ1v) is 5.76. The van der Waals surface area contributed by atoms with Crippen molar-refractivity contribution in [3.8, 4) is 0 Å². The molecule has 0 saturated heterocycles. The van der Waals surface area contributed by atoms with Gasteiger partial charge < -0.3 is 11.1 Å². The number of rotatable bonds is 3. The van der Waals surface area contributed by atoms with Crippen LogP contribution in [-0.4, -0.2) is 9.78 Å². The highest BCUT2D eigenvalue weighted by molar-refractivity contribution is 5.76. The van der Waals surface area contributed by atoms with E-state index in [1.165, 1.54) is 0 Å². The van der Waals surface area contributed by atoms with Crippen LogP contribution in [-0.2, 0) is 13.5 Å². The zero-order valence-corrected chi connectivity index (χ0v) is 10.5. The summed E-state index contributed by atoms with van der Waals surface area (Å²) in [5.41, 5.74) is 10.9. The van der Waals surface area contributed by atoms with Crippen LogP contribution in [0.25, 0.3) is 0 Å². The molecule has 4 nitrogen and oxygen atoms in total. The predicted molar refractivity (Wildman–Crippen MR) is 71.5 cm³/mol. The number of nitrogens with two attached hydrogens (primary N) is 1. The minimum atomic E-state index is 0.760. The highest BCUT2D eigenvalue weighted by Crippen LogP contribution is 2.28. The van der Waals surface area contributed by atoms with E-state index in [1.54, 1.807) is 0 Å². The van der Waals surface area contributed by atoms with Crippen molar-refractivity contribution in [3.63, 3.8) is 0 Å². The van der Waals surface area contributed by atoms with Crippen molar-refractivity contribution in [1.29, 1.82) is 0 Å². The van der Waals surface area contributed by atoms with Gasteiger partial charge in [0.2, 0.25) is 0 Å². The van der Waals surface area contributed by atoms with Gasteiger partial charge in [0.1, 0.15) is 0 Å². The van der Waals surface area contributed by atoms with E-state index in [9.17, 15) is 0 Å². The molecular weight excluding hydrogens is 212 g/mol. The second-order valence-corrected chi connectivity index (χ2v) is 4.18. The third kappa shape index (κ3) is 2.25. The lowest BCUT2D eigenvalue weighted by atomic mass is 10.1. The molecule has 0 aliphatic heterocycles. The molecule has 0 amide bonds. The molecule has 3 N–H and O–H groups in total. The molecule has 0 atom stereocenters. The predicted octanol–water partition coefficient (Wildman–Crippen LogP) is 2.62. The number of hydrogen-bond acceptors (Lipinski definition) is 3. The number of benzene rings is 1. The lowest BCUT2D eigenvalue weighted by Crippen LogP contribution is -1.99. The van der Waals surface area contributed by atoms with Crippen LogP contribution in [0.1, 0.15) is 18.2 Å². The fourth-order valence-electron chi connectivity index (χ4n) is 1.90. The molecule has 0 unspecified atom stereocenters. The average Bonchev–Trinajstić information content (AvgIpc) is 2.64. The number of nitrogens with zero attached hydrogens (tertiary/aromatic N) is 2. The van der Waals surface area contributed by atoms with Gasteiger partial charge >= 0.3 is 0 Å². The summed E-state index contributed by atoms with van der Waals surface area (Å²) in [5.74, 6) is 0. The van der Waals surface area contributed by atoms with E-state index in [2.05, 4.69) is 17.3 Å². The summed E-state index contributed by atoms with van der Waals surface area (Å²) in [7, 11) is 1.92. The Labute approximate surface area is 101 Å². The van der Waals surface area contributed by atoms with Crippen LogP contribution in [0.2, 0.25) is 0 Å². The van der Waals surface area contributed by atoms with Gasteiger partial charge in [-0.05, 0) is 25.0 Å². The lowest BCUT2D eigenvalue weighted by Gasteiger charge is -2.11. The van der Waals surface area contributed by atoms with Crippen LogP contribution in [0.5, 0.6) is 0 Å². The SMILES string of the molecule is CCc1nn(C)cc1Nc1c(C)cccc1N. The maximum Gasteiger partial charge on any atom is 0.0856 e. The molecule has 90 valence electrons. The molecular formula is C13H18N4. The molecule has 2 aromatic rings. The fraction of sp³-hybridized carbons (Fsp3) is 0.308. The van der Waals surface area contributed by atoms with E-state index >= 15 is 0 Å². The molecule has 0 fully saturated rings.